The lowest BCUT2D eigenvalue weighted by molar-refractivity contribution is 0.0907. The van der Waals surface area contributed by atoms with Gasteiger partial charge in [0.15, 0.2) is 0 Å². The summed E-state index contributed by atoms with van der Waals surface area (Å²) in [5.41, 5.74) is 1.85. The standard InChI is InChI=1S/C23H26FN5O/c1-2-29-13-10-25-22(29)16-28-11-8-20(9-12-28)27-23(30)18-6-7-21(26-15-18)17-4-3-5-19(24)14-17/h3-7,10,13-15,20H,2,8-9,11-12,16H2,1H3,(H,27,30). The minimum absolute atomic E-state index is 0.117. The normalized spacial score (nSPS) is 15.3. The summed E-state index contributed by atoms with van der Waals surface area (Å²) in [7, 11) is 0. The van der Waals surface area contributed by atoms with Gasteiger partial charge in [0.1, 0.15) is 11.6 Å². The number of hydrogen-bond acceptors (Lipinski definition) is 4. The van der Waals surface area contributed by atoms with Crippen molar-refractivity contribution in [3.05, 3.63) is 72.2 Å². The Labute approximate surface area is 175 Å². The van der Waals surface area contributed by atoms with Crippen LogP contribution in [0.25, 0.3) is 11.3 Å². The van der Waals surface area contributed by atoms with Crippen LogP contribution in [0.2, 0.25) is 0 Å². The van der Waals surface area contributed by atoms with Crippen LogP contribution in [0.4, 0.5) is 4.39 Å². The van der Waals surface area contributed by atoms with Gasteiger partial charge < -0.3 is 9.88 Å². The molecule has 1 amide bonds. The lowest BCUT2D eigenvalue weighted by Gasteiger charge is -2.32. The Hall–Kier alpha value is -3.06. The molecule has 1 N–H and O–H groups in total. The summed E-state index contributed by atoms with van der Waals surface area (Å²) in [6.45, 7) is 5.74. The quantitative estimate of drug-likeness (QED) is 0.679. The van der Waals surface area contributed by atoms with E-state index in [1.54, 1.807) is 30.5 Å². The van der Waals surface area contributed by atoms with Crippen molar-refractivity contribution < 1.29 is 9.18 Å². The number of nitrogens with one attached hydrogen (secondary N) is 1. The average molecular weight is 407 g/mol. The molecule has 0 spiro atoms. The number of halogens is 1. The van der Waals surface area contributed by atoms with Crippen molar-refractivity contribution in [3.8, 4) is 11.3 Å². The molecule has 1 aliphatic heterocycles. The van der Waals surface area contributed by atoms with Gasteiger partial charge in [-0.25, -0.2) is 9.37 Å². The highest BCUT2D eigenvalue weighted by atomic mass is 19.1. The molecule has 1 aliphatic rings. The second kappa shape index (κ2) is 9.17. The number of rotatable bonds is 6. The van der Waals surface area contributed by atoms with Crippen LogP contribution >= 0.6 is 0 Å². The number of likely N-dealkylation sites (tertiary alicyclic amines) is 1. The highest BCUT2D eigenvalue weighted by Gasteiger charge is 2.22. The zero-order chi connectivity index (χ0) is 20.9. The van der Waals surface area contributed by atoms with Crippen LogP contribution in [0, 0.1) is 5.82 Å². The molecule has 0 atom stereocenters. The van der Waals surface area contributed by atoms with Crippen molar-refractivity contribution in [2.75, 3.05) is 13.1 Å². The van der Waals surface area contributed by atoms with E-state index in [1.165, 1.54) is 12.1 Å². The first kappa shape index (κ1) is 20.2. The molecular formula is C23H26FN5O. The van der Waals surface area contributed by atoms with Gasteiger partial charge in [-0.05, 0) is 44.0 Å². The summed E-state index contributed by atoms with van der Waals surface area (Å²) in [6.07, 6.45) is 7.23. The number of pyridine rings is 1. The van der Waals surface area contributed by atoms with Crippen molar-refractivity contribution in [2.45, 2.75) is 38.9 Å². The number of carbonyl (C=O) groups is 1. The lowest BCUT2D eigenvalue weighted by atomic mass is 10.0. The topological polar surface area (TPSA) is 63.1 Å². The van der Waals surface area contributed by atoms with E-state index < -0.39 is 0 Å². The molecule has 4 rings (SSSR count). The molecular weight excluding hydrogens is 381 g/mol. The van der Waals surface area contributed by atoms with Gasteiger partial charge in [0.05, 0.1) is 17.8 Å². The van der Waals surface area contributed by atoms with E-state index in [2.05, 4.69) is 31.7 Å². The summed E-state index contributed by atoms with van der Waals surface area (Å²) in [5.74, 6) is 0.666. The van der Waals surface area contributed by atoms with Crippen LogP contribution in [0.1, 0.15) is 35.9 Å². The molecule has 0 unspecified atom stereocenters. The van der Waals surface area contributed by atoms with E-state index in [0.29, 0.717) is 16.8 Å². The van der Waals surface area contributed by atoms with Crippen molar-refractivity contribution in [2.24, 2.45) is 0 Å². The molecule has 1 fully saturated rings. The summed E-state index contributed by atoms with van der Waals surface area (Å²) >= 11 is 0. The molecule has 0 saturated carbocycles. The van der Waals surface area contributed by atoms with Crippen molar-refractivity contribution in [1.29, 1.82) is 0 Å². The summed E-state index contributed by atoms with van der Waals surface area (Å²) < 4.78 is 15.6. The third-order valence-electron chi connectivity index (χ3n) is 5.58. The fourth-order valence-electron chi connectivity index (χ4n) is 3.83. The number of nitrogens with zero attached hydrogens (tertiary/aromatic N) is 4. The molecule has 0 aliphatic carbocycles. The van der Waals surface area contributed by atoms with Crippen LogP contribution in [-0.2, 0) is 13.1 Å². The zero-order valence-corrected chi connectivity index (χ0v) is 17.1. The molecule has 156 valence electrons. The van der Waals surface area contributed by atoms with Crippen LogP contribution in [0.5, 0.6) is 0 Å². The molecule has 0 radical (unpaired) electrons. The second-order valence-corrected chi connectivity index (χ2v) is 7.60. The van der Waals surface area contributed by atoms with Gasteiger partial charge in [-0.2, -0.15) is 0 Å². The van der Waals surface area contributed by atoms with Gasteiger partial charge in [-0.15, -0.1) is 0 Å². The fraction of sp³-hybridized carbons (Fsp3) is 0.348. The van der Waals surface area contributed by atoms with Gasteiger partial charge >= 0.3 is 0 Å². The maximum absolute atomic E-state index is 13.4. The second-order valence-electron chi connectivity index (χ2n) is 7.60. The summed E-state index contributed by atoms with van der Waals surface area (Å²) in [6, 6.07) is 9.92. The van der Waals surface area contributed by atoms with E-state index >= 15 is 0 Å². The Morgan fingerprint density at radius 1 is 1.20 bits per heavy atom. The van der Waals surface area contributed by atoms with E-state index in [0.717, 1.165) is 44.8 Å². The highest BCUT2D eigenvalue weighted by molar-refractivity contribution is 5.94. The van der Waals surface area contributed by atoms with Gasteiger partial charge in [0.2, 0.25) is 0 Å². The number of benzene rings is 1. The Morgan fingerprint density at radius 3 is 2.73 bits per heavy atom. The van der Waals surface area contributed by atoms with E-state index in [1.807, 2.05) is 12.4 Å². The van der Waals surface area contributed by atoms with E-state index in [4.69, 9.17) is 0 Å². The largest absolute Gasteiger partial charge is 0.349 e. The minimum atomic E-state index is -0.305. The summed E-state index contributed by atoms with van der Waals surface area (Å²) in [4.78, 5) is 23.8. The first-order valence-electron chi connectivity index (χ1n) is 10.4. The zero-order valence-electron chi connectivity index (χ0n) is 17.1. The third-order valence-corrected chi connectivity index (χ3v) is 5.58. The van der Waals surface area contributed by atoms with Gasteiger partial charge in [0, 0.05) is 49.8 Å². The summed E-state index contributed by atoms with van der Waals surface area (Å²) in [5, 5.41) is 3.12. The maximum Gasteiger partial charge on any atom is 0.253 e. The van der Waals surface area contributed by atoms with Crippen molar-refractivity contribution in [3.63, 3.8) is 0 Å². The van der Waals surface area contributed by atoms with E-state index in [-0.39, 0.29) is 17.8 Å². The molecule has 1 saturated heterocycles. The fourth-order valence-corrected chi connectivity index (χ4v) is 3.83. The average Bonchev–Trinajstić information content (AvgIpc) is 3.22. The molecule has 0 bridgehead atoms. The minimum Gasteiger partial charge on any atom is -0.349 e. The van der Waals surface area contributed by atoms with Crippen LogP contribution in [0.3, 0.4) is 0 Å². The Balaban J connectivity index is 1.29. The molecule has 1 aromatic carbocycles. The van der Waals surface area contributed by atoms with Crippen LogP contribution in [0.15, 0.2) is 55.0 Å². The highest BCUT2D eigenvalue weighted by Crippen LogP contribution is 2.18. The predicted molar refractivity (Wildman–Crippen MR) is 113 cm³/mol. The first-order valence-corrected chi connectivity index (χ1v) is 10.4. The maximum atomic E-state index is 13.4. The van der Waals surface area contributed by atoms with Gasteiger partial charge in [-0.1, -0.05) is 12.1 Å². The predicted octanol–water partition coefficient (Wildman–Crippen LogP) is 3.50. The molecule has 30 heavy (non-hydrogen) atoms. The third kappa shape index (κ3) is 4.74. The van der Waals surface area contributed by atoms with Crippen molar-refractivity contribution >= 4 is 5.91 Å². The molecule has 3 aromatic rings. The number of aromatic nitrogens is 3. The van der Waals surface area contributed by atoms with Crippen LogP contribution < -0.4 is 5.32 Å². The monoisotopic (exact) mass is 407 g/mol. The Bertz CT molecular complexity index is 993. The molecule has 7 heteroatoms. The lowest BCUT2D eigenvalue weighted by Crippen LogP contribution is -2.44. The number of hydrogen-bond donors (Lipinski definition) is 1. The Morgan fingerprint density at radius 2 is 2.03 bits per heavy atom. The molecule has 2 aromatic heterocycles. The van der Waals surface area contributed by atoms with Gasteiger partial charge in [0.25, 0.3) is 5.91 Å². The van der Waals surface area contributed by atoms with E-state index in [9.17, 15) is 9.18 Å². The molecule has 3 heterocycles. The Kier molecular flexibility index (Phi) is 6.18. The molecule has 6 nitrogen and oxygen atoms in total. The smallest absolute Gasteiger partial charge is 0.253 e. The van der Waals surface area contributed by atoms with Gasteiger partial charge in [-0.3, -0.25) is 14.7 Å². The number of amides is 1. The van der Waals surface area contributed by atoms with Crippen molar-refractivity contribution in [1.82, 2.24) is 24.8 Å². The number of piperidine rings is 1. The number of imidazole rings is 1. The number of aryl methyl sites for hydroxylation is 1. The van der Waals surface area contributed by atoms with Crippen LogP contribution in [-0.4, -0.2) is 44.5 Å². The first-order chi connectivity index (χ1) is 14.6. The SMILES string of the molecule is CCn1ccnc1CN1CCC(NC(=O)c2ccc(-c3cccc(F)c3)nc2)CC1. The number of carbonyl (C=O) groups excluding carboxylic acids is 1.